The van der Waals surface area contributed by atoms with Crippen LogP contribution in [0.2, 0.25) is 5.02 Å². The van der Waals surface area contributed by atoms with E-state index in [2.05, 4.69) is 15.4 Å². The van der Waals surface area contributed by atoms with Gasteiger partial charge in [-0.2, -0.15) is 0 Å². The van der Waals surface area contributed by atoms with Crippen molar-refractivity contribution in [3.63, 3.8) is 0 Å². The average Bonchev–Trinajstić information content (AvgIpc) is 3.26. The van der Waals surface area contributed by atoms with Crippen molar-refractivity contribution in [3.8, 4) is 0 Å². The van der Waals surface area contributed by atoms with Crippen LogP contribution in [0.25, 0.3) is 6.08 Å². The number of carbonyl (C=O) groups excluding carboxylic acids is 1. The van der Waals surface area contributed by atoms with Crippen LogP contribution in [0.15, 0.2) is 59.5 Å². The summed E-state index contributed by atoms with van der Waals surface area (Å²) in [6.07, 6.45) is 4.71. The minimum absolute atomic E-state index is 0.0783. The van der Waals surface area contributed by atoms with Crippen LogP contribution in [0.4, 0.5) is 5.69 Å². The Morgan fingerprint density at radius 1 is 1.16 bits per heavy atom. The summed E-state index contributed by atoms with van der Waals surface area (Å²) in [6, 6.07) is 13.1. The lowest BCUT2D eigenvalue weighted by Gasteiger charge is -2.12. The number of amides is 1. The molecule has 7 nitrogen and oxygen atoms in total. The van der Waals surface area contributed by atoms with Gasteiger partial charge in [-0.15, -0.1) is 0 Å². The molecule has 1 amide bonds. The summed E-state index contributed by atoms with van der Waals surface area (Å²) in [5.41, 5.74) is 1.37. The Morgan fingerprint density at radius 3 is 2.52 bits per heavy atom. The Bertz CT molecular complexity index is 1050. The van der Waals surface area contributed by atoms with Gasteiger partial charge in [0.25, 0.3) is 0 Å². The molecule has 0 saturated carbocycles. The first kappa shape index (κ1) is 23.4. The van der Waals surface area contributed by atoms with Crippen molar-refractivity contribution in [1.29, 1.82) is 0 Å². The van der Waals surface area contributed by atoms with Gasteiger partial charge in [0.1, 0.15) is 0 Å². The number of thiocarbonyl (C=S) groups is 1. The quantitative estimate of drug-likeness (QED) is 0.416. The first-order chi connectivity index (χ1) is 14.8. The molecule has 31 heavy (non-hydrogen) atoms. The van der Waals surface area contributed by atoms with E-state index in [1.54, 1.807) is 42.5 Å². The zero-order valence-electron chi connectivity index (χ0n) is 16.5. The number of anilines is 1. The number of hydrogen-bond acceptors (Lipinski definition) is 5. The van der Waals surface area contributed by atoms with Crippen LogP contribution in [0.1, 0.15) is 18.4 Å². The Hall–Kier alpha value is -2.30. The smallest absolute Gasteiger partial charge is 0.250 e. The third-order valence-corrected chi connectivity index (χ3v) is 6.38. The summed E-state index contributed by atoms with van der Waals surface area (Å²) >= 11 is 11.0. The van der Waals surface area contributed by atoms with Crippen molar-refractivity contribution < 1.29 is 17.9 Å². The van der Waals surface area contributed by atoms with E-state index in [1.807, 2.05) is 0 Å². The summed E-state index contributed by atoms with van der Waals surface area (Å²) in [4.78, 5) is 12.1. The zero-order chi connectivity index (χ0) is 22.3. The fourth-order valence-corrected chi connectivity index (χ4v) is 4.28. The SMILES string of the molecule is O=C(/C=C/c1ccc(Cl)cc1)NC(=S)Nc1ccc(S(=O)(=O)NCC2CCCO2)cc1. The lowest BCUT2D eigenvalue weighted by atomic mass is 10.2. The van der Waals surface area contributed by atoms with Crippen molar-refractivity contribution in [3.05, 3.63) is 65.2 Å². The normalized spacial score (nSPS) is 16.4. The highest BCUT2D eigenvalue weighted by Gasteiger charge is 2.20. The molecule has 0 aromatic heterocycles. The van der Waals surface area contributed by atoms with Gasteiger partial charge < -0.3 is 10.1 Å². The first-order valence-corrected chi connectivity index (χ1v) is 11.9. The number of sulfonamides is 1. The lowest BCUT2D eigenvalue weighted by molar-refractivity contribution is -0.115. The Labute approximate surface area is 191 Å². The molecule has 1 fully saturated rings. The molecule has 3 rings (SSSR count). The Kier molecular flexibility index (Phi) is 8.16. The van der Waals surface area contributed by atoms with E-state index in [9.17, 15) is 13.2 Å². The first-order valence-electron chi connectivity index (χ1n) is 9.59. The maximum Gasteiger partial charge on any atom is 0.250 e. The van der Waals surface area contributed by atoms with Gasteiger partial charge >= 0.3 is 0 Å². The van der Waals surface area contributed by atoms with Crippen LogP contribution < -0.4 is 15.4 Å². The molecule has 1 unspecified atom stereocenters. The van der Waals surface area contributed by atoms with Crippen molar-refractivity contribution in [2.45, 2.75) is 23.8 Å². The van der Waals surface area contributed by atoms with Gasteiger partial charge in [0, 0.05) is 29.9 Å². The monoisotopic (exact) mass is 479 g/mol. The molecule has 0 aliphatic carbocycles. The van der Waals surface area contributed by atoms with Gasteiger partial charge in [0.05, 0.1) is 11.0 Å². The molecule has 3 N–H and O–H groups in total. The fourth-order valence-electron chi connectivity index (χ4n) is 2.87. The predicted molar refractivity (Wildman–Crippen MR) is 125 cm³/mol. The maximum absolute atomic E-state index is 12.4. The van der Waals surface area contributed by atoms with Gasteiger partial charge in [-0.3, -0.25) is 10.1 Å². The third kappa shape index (κ3) is 7.41. The number of carbonyl (C=O) groups is 1. The van der Waals surface area contributed by atoms with E-state index >= 15 is 0 Å². The van der Waals surface area contributed by atoms with Crippen LogP contribution in [0.3, 0.4) is 0 Å². The van der Waals surface area contributed by atoms with Crippen LogP contribution in [0, 0.1) is 0 Å². The Balaban J connectivity index is 1.49. The van der Waals surface area contributed by atoms with E-state index < -0.39 is 15.9 Å². The van der Waals surface area contributed by atoms with Crippen LogP contribution in [0.5, 0.6) is 0 Å². The molecule has 1 aliphatic rings. The third-order valence-electron chi connectivity index (χ3n) is 4.48. The minimum Gasteiger partial charge on any atom is -0.377 e. The largest absolute Gasteiger partial charge is 0.377 e. The highest BCUT2D eigenvalue weighted by molar-refractivity contribution is 7.89. The second-order valence-electron chi connectivity index (χ2n) is 6.84. The summed E-state index contributed by atoms with van der Waals surface area (Å²) in [5, 5.41) is 6.09. The fraction of sp³-hybridized carbons (Fsp3) is 0.238. The van der Waals surface area contributed by atoms with Crippen molar-refractivity contribution >= 4 is 56.6 Å². The van der Waals surface area contributed by atoms with Gasteiger partial charge in [-0.1, -0.05) is 23.7 Å². The molecule has 1 heterocycles. The van der Waals surface area contributed by atoms with E-state index in [0.717, 1.165) is 18.4 Å². The van der Waals surface area contributed by atoms with Crippen molar-refractivity contribution in [2.24, 2.45) is 0 Å². The Morgan fingerprint density at radius 2 is 1.87 bits per heavy atom. The summed E-state index contributed by atoms with van der Waals surface area (Å²) in [7, 11) is -3.63. The van der Waals surface area contributed by atoms with Crippen molar-refractivity contribution in [2.75, 3.05) is 18.5 Å². The molecule has 0 spiro atoms. The topological polar surface area (TPSA) is 96.5 Å². The highest BCUT2D eigenvalue weighted by Crippen LogP contribution is 2.16. The molecule has 1 atom stereocenters. The summed E-state index contributed by atoms with van der Waals surface area (Å²) < 4.78 is 32.8. The maximum atomic E-state index is 12.4. The molecule has 164 valence electrons. The standard InChI is InChI=1S/C21H22ClN3O4S2/c22-16-6-3-15(4-7-16)5-12-20(26)25-21(30)24-17-8-10-19(11-9-17)31(27,28)23-14-18-2-1-13-29-18/h3-12,18,23H,1-2,13-14H2,(H2,24,25,26,30)/b12-5+. The van der Waals surface area contributed by atoms with E-state index in [0.29, 0.717) is 17.3 Å². The van der Waals surface area contributed by atoms with E-state index in [4.69, 9.17) is 28.6 Å². The van der Waals surface area contributed by atoms with Gasteiger partial charge in [-0.05, 0) is 73.1 Å². The molecule has 2 aromatic rings. The molecule has 1 saturated heterocycles. The molecule has 0 radical (unpaired) electrons. The summed E-state index contributed by atoms with van der Waals surface area (Å²) in [6.45, 7) is 0.919. The number of halogens is 1. The van der Waals surface area contributed by atoms with E-state index in [-0.39, 0.29) is 22.7 Å². The van der Waals surface area contributed by atoms with Gasteiger partial charge in [0.2, 0.25) is 15.9 Å². The van der Waals surface area contributed by atoms with Gasteiger partial charge in [-0.25, -0.2) is 13.1 Å². The predicted octanol–water partition coefficient (Wildman–Crippen LogP) is 3.32. The van der Waals surface area contributed by atoms with Crippen LogP contribution in [-0.2, 0) is 19.6 Å². The second kappa shape index (κ2) is 10.8. The number of rotatable bonds is 7. The molecular formula is C21H22ClN3O4S2. The average molecular weight is 480 g/mol. The molecule has 10 heteroatoms. The van der Waals surface area contributed by atoms with Gasteiger partial charge in [0.15, 0.2) is 5.11 Å². The van der Waals surface area contributed by atoms with Crippen molar-refractivity contribution in [1.82, 2.24) is 10.0 Å². The molecule has 2 aromatic carbocycles. The number of nitrogens with one attached hydrogen (secondary N) is 3. The van der Waals surface area contributed by atoms with E-state index in [1.165, 1.54) is 18.2 Å². The zero-order valence-corrected chi connectivity index (χ0v) is 18.9. The molecule has 1 aliphatic heterocycles. The molecular weight excluding hydrogens is 458 g/mol. The highest BCUT2D eigenvalue weighted by atomic mass is 35.5. The van der Waals surface area contributed by atoms with Crippen LogP contribution in [-0.4, -0.2) is 38.7 Å². The van der Waals surface area contributed by atoms with Crippen LogP contribution >= 0.6 is 23.8 Å². The number of ether oxygens (including phenoxy) is 1. The molecule has 0 bridgehead atoms. The second-order valence-corrected chi connectivity index (χ2v) is 9.45. The number of hydrogen-bond donors (Lipinski definition) is 3. The summed E-state index contributed by atoms with van der Waals surface area (Å²) in [5.74, 6) is -0.398. The minimum atomic E-state index is -3.63. The lowest BCUT2D eigenvalue weighted by Crippen LogP contribution is -2.33. The number of benzene rings is 2.